The number of aromatic carboxylic acids is 1. The molecule has 5 N–H and O–H groups in total. The molecule has 0 aliphatic carbocycles. The highest BCUT2D eigenvalue weighted by atomic mass is 19.1. The fraction of sp³-hybridized carbons (Fsp3) is 0.364. The van der Waals surface area contributed by atoms with Crippen LogP contribution in [0.3, 0.4) is 0 Å². The Morgan fingerprint density at radius 3 is 2.59 bits per heavy atom. The lowest BCUT2D eigenvalue weighted by atomic mass is 9.99. The maximum absolute atomic E-state index is 13.4. The molecule has 5 nitrogen and oxygen atoms in total. The fourth-order valence-electron chi connectivity index (χ4n) is 1.44. The molecule has 0 spiro atoms. The summed E-state index contributed by atoms with van der Waals surface area (Å²) in [6, 6.07) is 3.03. The first-order valence-corrected chi connectivity index (χ1v) is 5.06. The van der Waals surface area contributed by atoms with Crippen molar-refractivity contribution in [3.63, 3.8) is 0 Å². The Morgan fingerprint density at radius 1 is 1.41 bits per heavy atom. The molecule has 1 aromatic carbocycles. The number of halogens is 1. The largest absolute Gasteiger partial charge is 0.478 e. The van der Waals surface area contributed by atoms with Gasteiger partial charge in [0, 0.05) is 5.56 Å². The number of carboxylic acids is 1. The molecule has 0 fully saturated rings. The van der Waals surface area contributed by atoms with E-state index in [1.807, 2.05) is 0 Å². The van der Waals surface area contributed by atoms with E-state index in [1.165, 1.54) is 0 Å². The van der Waals surface area contributed by atoms with Crippen LogP contribution in [0.5, 0.6) is 0 Å². The van der Waals surface area contributed by atoms with E-state index in [1.54, 1.807) is 0 Å². The van der Waals surface area contributed by atoms with Gasteiger partial charge in [0.2, 0.25) is 0 Å². The first-order chi connectivity index (χ1) is 7.97. The predicted molar refractivity (Wildman–Crippen MR) is 58.0 cm³/mol. The highest BCUT2D eigenvalue weighted by Crippen LogP contribution is 2.23. The number of carboxylic acid groups (broad SMARTS) is 1. The van der Waals surface area contributed by atoms with E-state index in [9.17, 15) is 19.4 Å². The standard InChI is InChI=1S/C11H14FNO4/c12-8-2-1-6(11(16)17)5-7(8)10(15)9(14)3-4-13/h1-2,5,9-10,14-15H,3-4,13H2,(H,16,17). The number of aliphatic hydroxyl groups excluding tert-OH is 2. The predicted octanol–water partition coefficient (Wildman–Crippen LogP) is 0.267. The van der Waals surface area contributed by atoms with Crippen LogP contribution in [0.1, 0.15) is 28.4 Å². The number of aliphatic hydroxyl groups is 2. The van der Waals surface area contributed by atoms with Crippen molar-refractivity contribution < 1.29 is 24.5 Å². The Kier molecular flexibility index (Phi) is 4.56. The van der Waals surface area contributed by atoms with Crippen molar-refractivity contribution >= 4 is 5.97 Å². The van der Waals surface area contributed by atoms with Crippen LogP contribution in [0.4, 0.5) is 4.39 Å². The van der Waals surface area contributed by atoms with Crippen molar-refractivity contribution in [2.24, 2.45) is 5.73 Å². The second-order valence-corrected chi connectivity index (χ2v) is 3.63. The summed E-state index contributed by atoms with van der Waals surface area (Å²) >= 11 is 0. The molecule has 0 saturated heterocycles. The monoisotopic (exact) mass is 243 g/mol. The highest BCUT2D eigenvalue weighted by molar-refractivity contribution is 5.87. The molecule has 0 saturated carbocycles. The van der Waals surface area contributed by atoms with E-state index in [2.05, 4.69) is 0 Å². The second kappa shape index (κ2) is 5.72. The van der Waals surface area contributed by atoms with Crippen molar-refractivity contribution in [2.75, 3.05) is 6.54 Å². The second-order valence-electron chi connectivity index (χ2n) is 3.63. The molecular weight excluding hydrogens is 229 g/mol. The Morgan fingerprint density at radius 2 is 2.06 bits per heavy atom. The Hall–Kier alpha value is -1.50. The van der Waals surface area contributed by atoms with Crippen LogP contribution < -0.4 is 5.73 Å². The molecule has 1 aromatic rings. The molecule has 0 aromatic heterocycles. The average Bonchev–Trinajstić information content (AvgIpc) is 2.28. The topological polar surface area (TPSA) is 104 Å². The summed E-state index contributed by atoms with van der Waals surface area (Å²) in [5.41, 5.74) is 4.81. The van der Waals surface area contributed by atoms with Crippen LogP contribution in [-0.2, 0) is 0 Å². The molecule has 0 amide bonds. The summed E-state index contributed by atoms with van der Waals surface area (Å²) in [6.07, 6.45) is -2.62. The summed E-state index contributed by atoms with van der Waals surface area (Å²) < 4.78 is 13.4. The van der Waals surface area contributed by atoms with Crippen molar-refractivity contribution in [1.82, 2.24) is 0 Å². The molecule has 94 valence electrons. The third-order valence-electron chi connectivity index (χ3n) is 2.39. The average molecular weight is 243 g/mol. The van der Waals surface area contributed by atoms with Gasteiger partial charge in [0.05, 0.1) is 11.7 Å². The number of hydrogen-bond acceptors (Lipinski definition) is 4. The summed E-state index contributed by atoms with van der Waals surface area (Å²) in [4.78, 5) is 10.7. The van der Waals surface area contributed by atoms with Gasteiger partial charge >= 0.3 is 5.97 Å². The molecule has 2 atom stereocenters. The smallest absolute Gasteiger partial charge is 0.335 e. The van der Waals surface area contributed by atoms with Gasteiger partial charge in [0.1, 0.15) is 11.9 Å². The van der Waals surface area contributed by atoms with Gasteiger partial charge in [-0.3, -0.25) is 0 Å². The Bertz CT molecular complexity index is 410. The minimum absolute atomic E-state index is 0.0951. The summed E-state index contributed by atoms with van der Waals surface area (Å²) in [7, 11) is 0. The number of carbonyl (C=O) groups is 1. The Labute approximate surface area is 97.3 Å². The minimum atomic E-state index is -1.49. The molecule has 0 bridgehead atoms. The van der Waals surface area contributed by atoms with Gasteiger partial charge in [-0.25, -0.2) is 9.18 Å². The van der Waals surface area contributed by atoms with Crippen LogP contribution in [-0.4, -0.2) is 33.9 Å². The molecular formula is C11H14FNO4. The van der Waals surface area contributed by atoms with Crippen LogP contribution in [0.2, 0.25) is 0 Å². The molecule has 0 aliphatic rings. The normalized spacial score (nSPS) is 14.4. The number of benzene rings is 1. The SMILES string of the molecule is NCCC(O)C(O)c1cc(C(=O)O)ccc1F. The third kappa shape index (κ3) is 3.23. The quantitative estimate of drug-likeness (QED) is 0.594. The van der Waals surface area contributed by atoms with Gasteiger partial charge in [0.25, 0.3) is 0 Å². The van der Waals surface area contributed by atoms with Crippen LogP contribution >= 0.6 is 0 Å². The zero-order chi connectivity index (χ0) is 13.0. The fourth-order valence-corrected chi connectivity index (χ4v) is 1.44. The number of hydrogen-bond donors (Lipinski definition) is 4. The number of nitrogens with two attached hydrogens (primary N) is 1. The van der Waals surface area contributed by atoms with E-state index in [-0.39, 0.29) is 24.1 Å². The van der Waals surface area contributed by atoms with E-state index < -0.39 is 24.0 Å². The molecule has 0 aliphatic heterocycles. The minimum Gasteiger partial charge on any atom is -0.478 e. The molecule has 0 radical (unpaired) electrons. The van der Waals surface area contributed by atoms with Crippen molar-refractivity contribution in [3.8, 4) is 0 Å². The lowest BCUT2D eigenvalue weighted by Crippen LogP contribution is -2.22. The molecule has 0 heterocycles. The molecule has 1 rings (SSSR count). The van der Waals surface area contributed by atoms with E-state index in [0.717, 1.165) is 18.2 Å². The van der Waals surface area contributed by atoms with E-state index >= 15 is 0 Å². The first kappa shape index (κ1) is 13.6. The van der Waals surface area contributed by atoms with Crippen molar-refractivity contribution in [1.29, 1.82) is 0 Å². The lowest BCUT2D eigenvalue weighted by Gasteiger charge is -2.18. The molecule has 2 unspecified atom stereocenters. The van der Waals surface area contributed by atoms with Gasteiger partial charge in [-0.05, 0) is 31.2 Å². The summed E-state index contributed by atoms with van der Waals surface area (Å²) in [5.74, 6) is -2.00. The molecule has 17 heavy (non-hydrogen) atoms. The number of rotatable bonds is 5. The zero-order valence-electron chi connectivity index (χ0n) is 9.01. The van der Waals surface area contributed by atoms with Crippen LogP contribution in [0.25, 0.3) is 0 Å². The van der Waals surface area contributed by atoms with E-state index in [4.69, 9.17) is 10.8 Å². The van der Waals surface area contributed by atoms with Crippen molar-refractivity contribution in [2.45, 2.75) is 18.6 Å². The van der Waals surface area contributed by atoms with Gasteiger partial charge < -0.3 is 21.1 Å². The summed E-state index contributed by atoms with van der Waals surface area (Å²) in [5, 5.41) is 27.9. The Balaban J connectivity index is 3.03. The van der Waals surface area contributed by atoms with E-state index in [0.29, 0.717) is 0 Å². The van der Waals surface area contributed by atoms with Gasteiger partial charge in [-0.1, -0.05) is 0 Å². The third-order valence-corrected chi connectivity index (χ3v) is 2.39. The van der Waals surface area contributed by atoms with Gasteiger partial charge in [-0.2, -0.15) is 0 Å². The maximum Gasteiger partial charge on any atom is 0.335 e. The molecule has 6 heteroatoms. The first-order valence-electron chi connectivity index (χ1n) is 5.06. The maximum atomic E-state index is 13.4. The zero-order valence-corrected chi connectivity index (χ0v) is 9.01. The highest BCUT2D eigenvalue weighted by Gasteiger charge is 2.22. The van der Waals surface area contributed by atoms with Crippen molar-refractivity contribution in [3.05, 3.63) is 35.1 Å². The lowest BCUT2D eigenvalue weighted by molar-refractivity contribution is 0.0129. The van der Waals surface area contributed by atoms with Gasteiger partial charge in [-0.15, -0.1) is 0 Å². The summed E-state index contributed by atoms with van der Waals surface area (Å²) in [6.45, 7) is 0.137. The van der Waals surface area contributed by atoms with Crippen LogP contribution in [0, 0.1) is 5.82 Å². The van der Waals surface area contributed by atoms with Gasteiger partial charge in [0.15, 0.2) is 0 Å². The van der Waals surface area contributed by atoms with Crippen LogP contribution in [0.15, 0.2) is 18.2 Å².